The lowest BCUT2D eigenvalue weighted by atomic mass is 10.1. The molecule has 160 valence electrons. The molecule has 2 aromatic rings. The van der Waals surface area contributed by atoms with Crippen LogP contribution in [0.25, 0.3) is 0 Å². The Bertz CT molecular complexity index is 1100. The van der Waals surface area contributed by atoms with E-state index < -0.39 is 27.7 Å². The summed E-state index contributed by atoms with van der Waals surface area (Å²) in [6.45, 7) is 4.25. The molecular formula is C21H23FN2O5S. The predicted octanol–water partition coefficient (Wildman–Crippen LogP) is 2.85. The van der Waals surface area contributed by atoms with Gasteiger partial charge in [0, 0.05) is 25.3 Å². The summed E-state index contributed by atoms with van der Waals surface area (Å²) in [7, 11) is -2.55. The van der Waals surface area contributed by atoms with Crippen molar-refractivity contribution in [3.8, 4) is 0 Å². The zero-order valence-corrected chi connectivity index (χ0v) is 17.8. The number of methoxy groups -OCH3 is 1. The van der Waals surface area contributed by atoms with Crippen LogP contribution in [0.2, 0.25) is 0 Å². The Kier molecular flexibility index (Phi) is 6.23. The van der Waals surface area contributed by atoms with Crippen molar-refractivity contribution in [2.24, 2.45) is 0 Å². The molecule has 0 saturated heterocycles. The van der Waals surface area contributed by atoms with Gasteiger partial charge in [0.05, 0.1) is 23.1 Å². The Morgan fingerprint density at radius 2 is 1.83 bits per heavy atom. The molecule has 1 amide bonds. The first-order chi connectivity index (χ1) is 14.2. The van der Waals surface area contributed by atoms with E-state index in [1.807, 2.05) is 0 Å². The van der Waals surface area contributed by atoms with E-state index in [2.05, 4.69) is 0 Å². The Morgan fingerprint density at radius 1 is 1.13 bits per heavy atom. The highest BCUT2D eigenvalue weighted by molar-refractivity contribution is 7.89. The second kappa shape index (κ2) is 8.53. The number of hydrogen-bond donors (Lipinski definition) is 0. The molecule has 30 heavy (non-hydrogen) atoms. The van der Waals surface area contributed by atoms with Crippen molar-refractivity contribution in [2.45, 2.75) is 25.2 Å². The lowest BCUT2D eigenvalue weighted by molar-refractivity contribution is 0.0600. The van der Waals surface area contributed by atoms with Gasteiger partial charge in [0.2, 0.25) is 10.0 Å². The number of fused-ring (bicyclic) bond motifs is 1. The van der Waals surface area contributed by atoms with Gasteiger partial charge in [0.25, 0.3) is 5.91 Å². The van der Waals surface area contributed by atoms with Crippen LogP contribution < -0.4 is 4.90 Å². The van der Waals surface area contributed by atoms with E-state index in [1.165, 1.54) is 28.4 Å². The van der Waals surface area contributed by atoms with E-state index >= 15 is 0 Å². The SMILES string of the molecule is CCN(CC)S(=O)(=O)c1ccc(F)c(C(=O)N2CCc3cc(C(=O)OC)ccc32)c1. The van der Waals surface area contributed by atoms with Crippen LogP contribution in [0.3, 0.4) is 0 Å². The lowest BCUT2D eigenvalue weighted by Crippen LogP contribution is -2.32. The van der Waals surface area contributed by atoms with Crippen molar-refractivity contribution in [3.63, 3.8) is 0 Å². The molecular weight excluding hydrogens is 411 g/mol. The van der Waals surface area contributed by atoms with Crippen molar-refractivity contribution in [3.05, 3.63) is 58.9 Å². The fraction of sp³-hybridized carbons (Fsp3) is 0.333. The predicted molar refractivity (Wildman–Crippen MR) is 110 cm³/mol. The topological polar surface area (TPSA) is 84.0 Å². The summed E-state index contributed by atoms with van der Waals surface area (Å²) in [6, 6.07) is 8.05. The fourth-order valence-corrected chi connectivity index (χ4v) is 5.03. The molecule has 7 nitrogen and oxygen atoms in total. The van der Waals surface area contributed by atoms with Crippen molar-refractivity contribution in [2.75, 3.05) is 31.6 Å². The third kappa shape index (κ3) is 3.82. The molecule has 3 rings (SSSR count). The van der Waals surface area contributed by atoms with Crippen molar-refractivity contribution < 1.29 is 27.1 Å². The largest absolute Gasteiger partial charge is 0.465 e. The van der Waals surface area contributed by atoms with Gasteiger partial charge in [-0.3, -0.25) is 4.79 Å². The maximum atomic E-state index is 14.5. The minimum atomic E-state index is -3.83. The maximum Gasteiger partial charge on any atom is 0.337 e. The normalized spacial score (nSPS) is 13.4. The first kappa shape index (κ1) is 21.9. The van der Waals surface area contributed by atoms with Gasteiger partial charge in [-0.25, -0.2) is 17.6 Å². The molecule has 0 bridgehead atoms. The molecule has 9 heteroatoms. The number of ether oxygens (including phenoxy) is 1. The van der Waals surface area contributed by atoms with Crippen molar-refractivity contribution in [1.29, 1.82) is 0 Å². The molecule has 0 aromatic heterocycles. The molecule has 0 radical (unpaired) electrons. The van der Waals surface area contributed by atoms with Crippen molar-refractivity contribution >= 4 is 27.6 Å². The van der Waals surface area contributed by atoms with Crippen LogP contribution in [-0.4, -0.2) is 51.3 Å². The number of anilines is 1. The van der Waals surface area contributed by atoms with E-state index in [-0.39, 0.29) is 23.5 Å². The van der Waals surface area contributed by atoms with Gasteiger partial charge in [-0.2, -0.15) is 4.31 Å². The molecule has 0 aliphatic carbocycles. The Labute approximate surface area is 175 Å². The Morgan fingerprint density at radius 3 is 2.47 bits per heavy atom. The number of sulfonamides is 1. The number of nitrogens with zero attached hydrogens (tertiary/aromatic N) is 2. The van der Waals surface area contributed by atoms with Crippen molar-refractivity contribution in [1.82, 2.24) is 4.31 Å². The first-order valence-electron chi connectivity index (χ1n) is 9.57. The van der Waals surface area contributed by atoms with Gasteiger partial charge in [-0.05, 0) is 48.4 Å². The number of carbonyl (C=O) groups is 2. The van der Waals surface area contributed by atoms with Gasteiger partial charge < -0.3 is 9.64 Å². The number of hydrogen-bond acceptors (Lipinski definition) is 5. The number of rotatable bonds is 6. The third-order valence-corrected chi connectivity index (χ3v) is 7.20. The molecule has 0 saturated carbocycles. The van der Waals surface area contributed by atoms with Gasteiger partial charge in [0.1, 0.15) is 5.82 Å². The molecule has 1 aliphatic heterocycles. The Balaban J connectivity index is 1.97. The summed E-state index contributed by atoms with van der Waals surface area (Å²) < 4.78 is 46.0. The second-order valence-corrected chi connectivity index (χ2v) is 8.71. The average Bonchev–Trinajstić information content (AvgIpc) is 3.16. The number of esters is 1. The van der Waals surface area contributed by atoms with E-state index in [0.717, 1.165) is 17.7 Å². The number of benzene rings is 2. The van der Waals surface area contributed by atoms with Gasteiger partial charge in [0.15, 0.2) is 0 Å². The first-order valence-corrected chi connectivity index (χ1v) is 11.0. The molecule has 0 fully saturated rings. The lowest BCUT2D eigenvalue weighted by Gasteiger charge is -2.21. The summed E-state index contributed by atoms with van der Waals surface area (Å²) in [5.41, 5.74) is 1.37. The maximum absolute atomic E-state index is 14.5. The molecule has 0 atom stereocenters. The summed E-state index contributed by atoms with van der Waals surface area (Å²) in [6.07, 6.45) is 0.491. The van der Waals surface area contributed by atoms with Crippen LogP contribution in [0.15, 0.2) is 41.3 Å². The van der Waals surface area contributed by atoms with Crippen LogP contribution in [0.5, 0.6) is 0 Å². The molecule has 0 N–H and O–H groups in total. The highest BCUT2D eigenvalue weighted by atomic mass is 32.2. The molecule has 2 aromatic carbocycles. The third-order valence-electron chi connectivity index (χ3n) is 5.15. The molecule has 0 unspecified atom stereocenters. The highest BCUT2D eigenvalue weighted by Gasteiger charge is 2.30. The van der Waals surface area contributed by atoms with E-state index in [1.54, 1.807) is 26.0 Å². The smallest absolute Gasteiger partial charge is 0.337 e. The van der Waals surface area contributed by atoms with Crippen LogP contribution in [-0.2, 0) is 21.2 Å². The van der Waals surface area contributed by atoms with Crippen LogP contribution in [0, 0.1) is 5.82 Å². The van der Waals surface area contributed by atoms with Crippen LogP contribution in [0.1, 0.15) is 40.1 Å². The minimum absolute atomic E-state index is 0.128. The Hall–Kier alpha value is -2.78. The van der Waals surface area contributed by atoms with Crippen LogP contribution >= 0.6 is 0 Å². The molecule has 1 heterocycles. The number of carbonyl (C=O) groups excluding carboxylic acids is 2. The van der Waals surface area contributed by atoms with Gasteiger partial charge >= 0.3 is 5.97 Å². The monoisotopic (exact) mass is 434 g/mol. The zero-order valence-electron chi connectivity index (χ0n) is 17.0. The quantitative estimate of drug-likeness (QED) is 0.653. The van der Waals surface area contributed by atoms with E-state index in [9.17, 15) is 22.4 Å². The molecule has 1 aliphatic rings. The highest BCUT2D eigenvalue weighted by Crippen LogP contribution is 2.31. The van der Waals surface area contributed by atoms with Crippen LogP contribution in [0.4, 0.5) is 10.1 Å². The van der Waals surface area contributed by atoms with Gasteiger partial charge in [-0.15, -0.1) is 0 Å². The summed E-state index contributed by atoms with van der Waals surface area (Å²) >= 11 is 0. The molecule has 0 spiro atoms. The average molecular weight is 434 g/mol. The number of amides is 1. The number of halogens is 1. The second-order valence-electron chi connectivity index (χ2n) is 6.77. The fourth-order valence-electron chi connectivity index (χ4n) is 3.54. The summed E-state index contributed by atoms with van der Waals surface area (Å²) in [5.74, 6) is -1.91. The van der Waals surface area contributed by atoms with Gasteiger partial charge in [-0.1, -0.05) is 13.8 Å². The summed E-state index contributed by atoms with van der Waals surface area (Å²) in [5, 5.41) is 0. The van der Waals surface area contributed by atoms with E-state index in [4.69, 9.17) is 4.74 Å². The zero-order chi connectivity index (χ0) is 22.1. The summed E-state index contributed by atoms with van der Waals surface area (Å²) in [4.78, 5) is 26.1. The standard InChI is InChI=1S/C21H23FN2O5S/c1-4-23(5-2)30(27,28)16-7-8-18(22)17(13-16)20(25)24-11-10-14-12-15(21(26)29-3)6-9-19(14)24/h6-9,12-13H,4-5,10-11H2,1-3H3. The minimum Gasteiger partial charge on any atom is -0.465 e. The van der Waals surface area contributed by atoms with E-state index in [0.29, 0.717) is 24.2 Å².